The first-order chi connectivity index (χ1) is 14.7. The van der Waals surface area contributed by atoms with E-state index in [1.807, 2.05) is 30.3 Å². The summed E-state index contributed by atoms with van der Waals surface area (Å²) >= 11 is 6.52. The van der Waals surface area contributed by atoms with Gasteiger partial charge in [-0.05, 0) is 18.9 Å². The molecule has 0 aliphatic carbocycles. The zero-order valence-corrected chi connectivity index (χ0v) is 16.9. The van der Waals surface area contributed by atoms with Crippen molar-refractivity contribution in [3.05, 3.63) is 41.6 Å². The van der Waals surface area contributed by atoms with Crippen molar-refractivity contribution < 1.29 is 19.5 Å². The molecule has 0 saturated heterocycles. The van der Waals surface area contributed by atoms with E-state index in [-0.39, 0.29) is 12.7 Å². The number of aryl methyl sites for hydroxylation is 1. The van der Waals surface area contributed by atoms with Crippen molar-refractivity contribution in [2.45, 2.75) is 32.2 Å². The molecule has 7 nitrogen and oxygen atoms in total. The van der Waals surface area contributed by atoms with E-state index in [0.717, 1.165) is 57.8 Å². The zero-order valence-electron chi connectivity index (χ0n) is 16.2. The molecule has 0 saturated carbocycles. The van der Waals surface area contributed by atoms with Gasteiger partial charge >= 0.3 is 0 Å². The summed E-state index contributed by atoms with van der Waals surface area (Å²) in [7, 11) is 0. The molecule has 0 fully saturated rings. The lowest BCUT2D eigenvalue weighted by Crippen LogP contribution is -2.17. The van der Waals surface area contributed by atoms with Crippen molar-refractivity contribution >= 4 is 50.2 Å². The first kappa shape index (κ1) is 19.0. The van der Waals surface area contributed by atoms with Crippen LogP contribution >= 0.6 is 11.6 Å². The van der Waals surface area contributed by atoms with Gasteiger partial charge in [0.05, 0.1) is 16.6 Å². The number of carbonyl (C=O) groups excluding carboxylic acids is 1. The second-order valence-electron chi connectivity index (χ2n) is 7.37. The molecule has 0 bridgehead atoms. The Morgan fingerprint density at radius 1 is 1.10 bits per heavy atom. The van der Waals surface area contributed by atoms with Crippen molar-refractivity contribution in [2.24, 2.45) is 0 Å². The molecular formula is C22H20ClN3O4. The molecule has 2 N–H and O–H groups in total. The van der Waals surface area contributed by atoms with Crippen molar-refractivity contribution in [3.63, 3.8) is 0 Å². The summed E-state index contributed by atoms with van der Waals surface area (Å²) in [5.74, 6) is 1.08. The quantitative estimate of drug-likeness (QED) is 0.201. The fourth-order valence-electron chi connectivity index (χ4n) is 4.15. The normalized spacial score (nSPS) is 12.9. The molecule has 1 aliphatic heterocycles. The van der Waals surface area contributed by atoms with E-state index in [1.54, 1.807) is 5.48 Å². The van der Waals surface area contributed by atoms with Gasteiger partial charge in [0.1, 0.15) is 5.15 Å². The van der Waals surface area contributed by atoms with Gasteiger partial charge in [-0.1, -0.05) is 42.3 Å². The standard InChI is InChI=1S/C22H20ClN3O4/c23-22-14-7-4-3-6-13(14)21-20(24-22)15-10-17-18(30-12-29-17)11-16(15)26(21)9-5-1-2-8-19(27)25-28/h3-4,6-7,10-11,28H,1-2,5,8-9,12H2,(H,25,27). The van der Waals surface area contributed by atoms with Crippen LogP contribution in [-0.4, -0.2) is 27.5 Å². The highest BCUT2D eigenvalue weighted by Crippen LogP contribution is 2.42. The molecule has 2 aromatic heterocycles. The minimum Gasteiger partial charge on any atom is -0.454 e. The summed E-state index contributed by atoms with van der Waals surface area (Å²) in [5, 5.41) is 12.0. The maximum absolute atomic E-state index is 11.2. The maximum Gasteiger partial charge on any atom is 0.243 e. The monoisotopic (exact) mass is 425 g/mol. The summed E-state index contributed by atoms with van der Waals surface area (Å²) in [6.45, 7) is 0.970. The van der Waals surface area contributed by atoms with Crippen LogP contribution in [0.15, 0.2) is 36.4 Å². The number of amides is 1. The molecule has 0 atom stereocenters. The van der Waals surface area contributed by atoms with E-state index >= 15 is 0 Å². The lowest BCUT2D eigenvalue weighted by atomic mass is 10.1. The second-order valence-corrected chi connectivity index (χ2v) is 7.72. The van der Waals surface area contributed by atoms with Crippen LogP contribution in [0.5, 0.6) is 11.5 Å². The number of ether oxygens (including phenoxy) is 2. The van der Waals surface area contributed by atoms with Crippen LogP contribution in [0.2, 0.25) is 5.15 Å². The van der Waals surface area contributed by atoms with Gasteiger partial charge in [-0.2, -0.15) is 0 Å². The third kappa shape index (κ3) is 3.11. The molecule has 5 rings (SSSR count). The van der Waals surface area contributed by atoms with Gasteiger partial charge in [0.15, 0.2) is 11.5 Å². The number of carbonyl (C=O) groups is 1. The van der Waals surface area contributed by atoms with E-state index in [4.69, 9.17) is 31.3 Å². The van der Waals surface area contributed by atoms with Crippen LogP contribution in [0.3, 0.4) is 0 Å². The van der Waals surface area contributed by atoms with E-state index < -0.39 is 0 Å². The smallest absolute Gasteiger partial charge is 0.243 e. The highest BCUT2D eigenvalue weighted by Gasteiger charge is 2.22. The number of hydrogen-bond acceptors (Lipinski definition) is 5. The van der Waals surface area contributed by atoms with Crippen LogP contribution in [0.4, 0.5) is 0 Å². The molecule has 0 radical (unpaired) electrons. The fraction of sp³-hybridized carbons (Fsp3) is 0.273. The number of rotatable bonds is 6. The fourth-order valence-corrected chi connectivity index (χ4v) is 4.40. The molecule has 0 spiro atoms. The Kier molecular flexibility index (Phi) is 4.84. The molecule has 4 aromatic rings. The molecule has 30 heavy (non-hydrogen) atoms. The van der Waals surface area contributed by atoms with Crippen molar-refractivity contribution in [3.8, 4) is 11.5 Å². The van der Waals surface area contributed by atoms with Crippen molar-refractivity contribution in [1.82, 2.24) is 15.0 Å². The third-order valence-electron chi connectivity index (χ3n) is 5.56. The Hall–Kier alpha value is -3.03. The molecule has 154 valence electrons. The Bertz CT molecular complexity index is 1280. The van der Waals surface area contributed by atoms with E-state index in [9.17, 15) is 4.79 Å². The number of nitrogens with zero attached hydrogens (tertiary/aromatic N) is 2. The van der Waals surface area contributed by atoms with Crippen LogP contribution in [-0.2, 0) is 11.3 Å². The first-order valence-corrected chi connectivity index (χ1v) is 10.3. The topological polar surface area (TPSA) is 85.6 Å². The van der Waals surface area contributed by atoms with E-state index in [1.165, 1.54) is 0 Å². The summed E-state index contributed by atoms with van der Waals surface area (Å²) in [6, 6.07) is 12.0. The summed E-state index contributed by atoms with van der Waals surface area (Å²) in [4.78, 5) is 16.0. The number of hydroxylamine groups is 1. The minimum atomic E-state index is -0.357. The number of pyridine rings is 1. The van der Waals surface area contributed by atoms with Crippen LogP contribution in [0, 0.1) is 0 Å². The lowest BCUT2D eigenvalue weighted by molar-refractivity contribution is -0.129. The number of benzene rings is 2. The Morgan fingerprint density at radius 2 is 1.87 bits per heavy atom. The number of aromatic nitrogens is 2. The first-order valence-electron chi connectivity index (χ1n) is 9.90. The zero-order chi connectivity index (χ0) is 20.7. The van der Waals surface area contributed by atoms with Crippen molar-refractivity contribution in [2.75, 3.05) is 6.79 Å². The molecule has 8 heteroatoms. The van der Waals surface area contributed by atoms with Gasteiger partial charge in [0.25, 0.3) is 0 Å². The largest absolute Gasteiger partial charge is 0.454 e. The Labute approximate surface area is 177 Å². The Morgan fingerprint density at radius 3 is 2.67 bits per heavy atom. The van der Waals surface area contributed by atoms with Crippen LogP contribution in [0.25, 0.3) is 32.7 Å². The minimum absolute atomic E-state index is 0.212. The van der Waals surface area contributed by atoms with E-state index in [0.29, 0.717) is 23.7 Å². The number of fused-ring (bicyclic) bond motifs is 6. The maximum atomic E-state index is 11.2. The average molecular weight is 426 g/mol. The number of hydrogen-bond donors (Lipinski definition) is 2. The number of nitrogens with one attached hydrogen (secondary N) is 1. The number of halogens is 1. The SMILES string of the molecule is O=C(CCCCCn1c2cc3c(cc2c2nc(Cl)c4ccccc4c21)OCO3)NO. The molecule has 2 aromatic carbocycles. The third-order valence-corrected chi connectivity index (χ3v) is 5.84. The van der Waals surface area contributed by atoms with Gasteiger partial charge < -0.3 is 14.0 Å². The number of unbranched alkanes of at least 4 members (excludes halogenated alkanes) is 2. The Balaban J connectivity index is 1.62. The van der Waals surface area contributed by atoms with E-state index in [2.05, 4.69) is 10.6 Å². The van der Waals surface area contributed by atoms with Crippen LogP contribution in [0.1, 0.15) is 25.7 Å². The predicted octanol–water partition coefficient (Wildman–Crippen LogP) is 4.79. The van der Waals surface area contributed by atoms with Gasteiger partial charge in [0.2, 0.25) is 12.7 Å². The second kappa shape index (κ2) is 7.66. The average Bonchev–Trinajstić information content (AvgIpc) is 3.34. The van der Waals surface area contributed by atoms with Crippen LogP contribution < -0.4 is 15.0 Å². The summed E-state index contributed by atoms with van der Waals surface area (Å²) in [5.41, 5.74) is 4.56. The highest BCUT2D eigenvalue weighted by molar-refractivity contribution is 6.36. The van der Waals surface area contributed by atoms with Gasteiger partial charge in [-0.3, -0.25) is 10.0 Å². The van der Waals surface area contributed by atoms with Crippen molar-refractivity contribution in [1.29, 1.82) is 0 Å². The molecule has 3 heterocycles. The predicted molar refractivity (Wildman–Crippen MR) is 114 cm³/mol. The molecule has 1 amide bonds. The molecule has 0 unspecified atom stereocenters. The van der Waals surface area contributed by atoms with Gasteiger partial charge in [0, 0.05) is 35.2 Å². The molecular weight excluding hydrogens is 406 g/mol. The summed E-state index contributed by atoms with van der Waals surface area (Å²) in [6.07, 6.45) is 2.75. The lowest BCUT2D eigenvalue weighted by Gasteiger charge is -2.10. The van der Waals surface area contributed by atoms with Gasteiger partial charge in [-0.25, -0.2) is 10.5 Å². The highest BCUT2D eigenvalue weighted by atomic mass is 35.5. The van der Waals surface area contributed by atoms with Gasteiger partial charge in [-0.15, -0.1) is 0 Å². The summed E-state index contributed by atoms with van der Waals surface area (Å²) < 4.78 is 13.4. The molecule has 1 aliphatic rings.